The summed E-state index contributed by atoms with van der Waals surface area (Å²) in [5.41, 5.74) is 0.734. The number of hydrogen-bond donors (Lipinski definition) is 1. The van der Waals surface area contributed by atoms with Crippen molar-refractivity contribution in [3.05, 3.63) is 30.1 Å². The molecule has 0 bridgehead atoms. The lowest BCUT2D eigenvalue weighted by molar-refractivity contribution is 0.102. The van der Waals surface area contributed by atoms with Crippen LogP contribution in [0.1, 0.15) is 24.2 Å². The molecule has 0 aromatic carbocycles. The summed E-state index contributed by atoms with van der Waals surface area (Å²) < 4.78 is 15.6. The van der Waals surface area contributed by atoms with Gasteiger partial charge in [-0.15, -0.1) is 0 Å². The zero-order valence-corrected chi connectivity index (χ0v) is 13.2. The van der Waals surface area contributed by atoms with Crippen LogP contribution in [0.4, 0.5) is 5.69 Å². The lowest BCUT2D eigenvalue weighted by Crippen LogP contribution is -2.14. The smallest absolute Gasteiger partial charge is 0.319 e. The molecule has 8 heteroatoms. The third kappa shape index (κ3) is 4.29. The third-order valence-corrected chi connectivity index (χ3v) is 2.74. The molecule has 0 saturated heterocycles. The summed E-state index contributed by atoms with van der Waals surface area (Å²) in [6, 6.07) is 3.41. The molecule has 8 nitrogen and oxygen atoms in total. The molecule has 0 radical (unpaired) electrons. The Morgan fingerprint density at radius 1 is 1.13 bits per heavy atom. The predicted octanol–water partition coefficient (Wildman–Crippen LogP) is 1.93. The van der Waals surface area contributed by atoms with Gasteiger partial charge in [0.15, 0.2) is 0 Å². The van der Waals surface area contributed by atoms with Crippen LogP contribution in [0.2, 0.25) is 0 Å². The Kier molecular flexibility index (Phi) is 5.67. The molecule has 0 spiro atoms. The highest BCUT2D eigenvalue weighted by Gasteiger charge is 2.14. The van der Waals surface area contributed by atoms with E-state index in [-0.39, 0.29) is 17.8 Å². The minimum Gasteiger partial charge on any atom is -0.481 e. The molecule has 2 heterocycles. The summed E-state index contributed by atoms with van der Waals surface area (Å²) in [5, 5.41) is 2.69. The molecular weight excluding hydrogens is 300 g/mol. The van der Waals surface area contributed by atoms with E-state index in [1.165, 1.54) is 19.5 Å². The van der Waals surface area contributed by atoms with Crippen LogP contribution in [0.5, 0.6) is 17.8 Å². The van der Waals surface area contributed by atoms with Gasteiger partial charge in [0.2, 0.25) is 11.8 Å². The minimum absolute atomic E-state index is 0.195. The first-order valence-corrected chi connectivity index (χ1v) is 7.12. The molecule has 122 valence electrons. The van der Waals surface area contributed by atoms with Crippen LogP contribution in [0.3, 0.4) is 0 Å². The zero-order valence-electron chi connectivity index (χ0n) is 13.2. The number of nitrogens with one attached hydrogen (secondary N) is 1. The van der Waals surface area contributed by atoms with E-state index >= 15 is 0 Å². The highest BCUT2D eigenvalue weighted by molar-refractivity contribution is 6.04. The Morgan fingerprint density at radius 3 is 2.52 bits per heavy atom. The summed E-state index contributed by atoms with van der Waals surface area (Å²) in [6.07, 6.45) is 2.86. The maximum absolute atomic E-state index is 12.2. The van der Waals surface area contributed by atoms with Crippen molar-refractivity contribution in [2.24, 2.45) is 0 Å². The topological polar surface area (TPSA) is 95.5 Å². The number of amides is 1. The standard InChI is InChI=1S/C15H18N4O4/c1-4-22-14-11(9-17-15(19-14)23-5-2)18-13(20)10-6-7-12(21-3)16-8-10/h6-9H,4-5H2,1-3H3,(H,18,20). The van der Waals surface area contributed by atoms with Crippen molar-refractivity contribution >= 4 is 11.6 Å². The maximum Gasteiger partial charge on any atom is 0.319 e. The number of hydrogen-bond acceptors (Lipinski definition) is 7. The molecule has 0 aliphatic heterocycles. The van der Waals surface area contributed by atoms with E-state index in [0.29, 0.717) is 30.3 Å². The largest absolute Gasteiger partial charge is 0.481 e. The fraction of sp³-hybridized carbons (Fsp3) is 0.333. The Bertz CT molecular complexity index is 661. The first-order chi connectivity index (χ1) is 11.2. The number of nitrogens with zero attached hydrogens (tertiary/aromatic N) is 3. The number of ether oxygens (including phenoxy) is 3. The van der Waals surface area contributed by atoms with Crippen LogP contribution >= 0.6 is 0 Å². The van der Waals surface area contributed by atoms with Crippen LogP contribution in [0, 0.1) is 0 Å². The van der Waals surface area contributed by atoms with Gasteiger partial charge >= 0.3 is 6.01 Å². The van der Waals surface area contributed by atoms with E-state index < -0.39 is 0 Å². The third-order valence-electron chi connectivity index (χ3n) is 2.74. The number of rotatable bonds is 7. The average Bonchev–Trinajstić information content (AvgIpc) is 2.57. The van der Waals surface area contributed by atoms with E-state index in [4.69, 9.17) is 14.2 Å². The fourth-order valence-electron chi connectivity index (χ4n) is 1.71. The maximum atomic E-state index is 12.2. The van der Waals surface area contributed by atoms with E-state index in [0.717, 1.165) is 0 Å². The van der Waals surface area contributed by atoms with Gasteiger partial charge in [-0.25, -0.2) is 9.97 Å². The molecule has 0 saturated carbocycles. The number of pyridine rings is 1. The van der Waals surface area contributed by atoms with Crippen LogP contribution in [0.15, 0.2) is 24.5 Å². The van der Waals surface area contributed by atoms with Crippen molar-refractivity contribution in [1.82, 2.24) is 15.0 Å². The Hall–Kier alpha value is -2.90. The number of methoxy groups -OCH3 is 1. The number of aromatic nitrogens is 3. The molecule has 23 heavy (non-hydrogen) atoms. The highest BCUT2D eigenvalue weighted by Crippen LogP contribution is 2.24. The molecule has 0 aliphatic carbocycles. The van der Waals surface area contributed by atoms with E-state index in [1.54, 1.807) is 12.1 Å². The summed E-state index contributed by atoms with van der Waals surface area (Å²) in [7, 11) is 1.51. The molecule has 1 N–H and O–H groups in total. The van der Waals surface area contributed by atoms with E-state index in [2.05, 4.69) is 20.3 Å². The molecule has 2 aromatic rings. The van der Waals surface area contributed by atoms with Crippen LogP contribution in [-0.4, -0.2) is 41.2 Å². The molecule has 0 unspecified atom stereocenters. The van der Waals surface area contributed by atoms with Crippen molar-refractivity contribution in [3.63, 3.8) is 0 Å². The average molecular weight is 318 g/mol. The number of anilines is 1. The second-order valence-electron chi connectivity index (χ2n) is 4.28. The number of carbonyl (C=O) groups is 1. The molecule has 1 amide bonds. The van der Waals surface area contributed by atoms with Gasteiger partial charge in [-0.3, -0.25) is 4.79 Å². The van der Waals surface area contributed by atoms with Crippen LogP contribution in [0.25, 0.3) is 0 Å². The van der Waals surface area contributed by atoms with Gasteiger partial charge in [-0.2, -0.15) is 4.98 Å². The van der Waals surface area contributed by atoms with Crippen LogP contribution < -0.4 is 19.5 Å². The first-order valence-electron chi connectivity index (χ1n) is 7.12. The normalized spacial score (nSPS) is 10.0. The van der Waals surface area contributed by atoms with Crippen molar-refractivity contribution in [2.75, 3.05) is 25.6 Å². The molecule has 0 aliphatic rings. The van der Waals surface area contributed by atoms with Crippen molar-refractivity contribution in [2.45, 2.75) is 13.8 Å². The quantitative estimate of drug-likeness (QED) is 0.833. The fourth-order valence-corrected chi connectivity index (χ4v) is 1.71. The lowest BCUT2D eigenvalue weighted by atomic mass is 10.2. The Balaban J connectivity index is 2.18. The van der Waals surface area contributed by atoms with Gasteiger partial charge in [-0.05, 0) is 19.9 Å². The summed E-state index contributed by atoms with van der Waals surface area (Å²) in [5.74, 6) is 0.329. The summed E-state index contributed by atoms with van der Waals surface area (Å²) in [6.45, 7) is 4.49. The van der Waals surface area contributed by atoms with Crippen LogP contribution in [-0.2, 0) is 0 Å². The van der Waals surface area contributed by atoms with Gasteiger partial charge < -0.3 is 19.5 Å². The van der Waals surface area contributed by atoms with E-state index in [9.17, 15) is 4.79 Å². The first kappa shape index (κ1) is 16.5. The van der Waals surface area contributed by atoms with Crippen molar-refractivity contribution < 1.29 is 19.0 Å². The monoisotopic (exact) mass is 318 g/mol. The van der Waals surface area contributed by atoms with Crippen molar-refractivity contribution in [3.8, 4) is 17.8 Å². The van der Waals surface area contributed by atoms with Gasteiger partial charge in [0.05, 0.1) is 32.1 Å². The second kappa shape index (κ2) is 7.92. The molecule has 2 rings (SSSR count). The molecule has 0 fully saturated rings. The SMILES string of the molecule is CCOc1ncc(NC(=O)c2ccc(OC)nc2)c(OCC)n1. The van der Waals surface area contributed by atoms with Gasteiger partial charge in [0, 0.05) is 12.3 Å². The molecule has 2 aromatic heterocycles. The molecule has 0 atom stereocenters. The summed E-state index contributed by atoms with van der Waals surface area (Å²) in [4.78, 5) is 24.4. The van der Waals surface area contributed by atoms with Crippen molar-refractivity contribution in [1.29, 1.82) is 0 Å². The lowest BCUT2D eigenvalue weighted by Gasteiger charge is -2.11. The highest BCUT2D eigenvalue weighted by atomic mass is 16.5. The predicted molar refractivity (Wildman–Crippen MR) is 83.1 cm³/mol. The Labute approximate surface area is 133 Å². The number of carbonyl (C=O) groups excluding carboxylic acids is 1. The van der Waals surface area contributed by atoms with Gasteiger partial charge in [0.1, 0.15) is 5.69 Å². The van der Waals surface area contributed by atoms with Gasteiger partial charge in [-0.1, -0.05) is 0 Å². The summed E-state index contributed by atoms with van der Waals surface area (Å²) >= 11 is 0. The van der Waals surface area contributed by atoms with E-state index in [1.807, 2.05) is 13.8 Å². The Morgan fingerprint density at radius 2 is 1.91 bits per heavy atom. The van der Waals surface area contributed by atoms with Gasteiger partial charge in [0.25, 0.3) is 5.91 Å². The molecular formula is C15H18N4O4. The second-order valence-corrected chi connectivity index (χ2v) is 4.28. The minimum atomic E-state index is -0.353. The zero-order chi connectivity index (χ0) is 16.7.